The minimum atomic E-state index is -0.197. The van der Waals surface area contributed by atoms with E-state index in [9.17, 15) is 5.11 Å². The second-order valence-electron chi connectivity index (χ2n) is 7.35. The number of fused-ring (bicyclic) bond motifs is 1. The van der Waals surface area contributed by atoms with Crippen LogP contribution in [-0.2, 0) is 0 Å². The van der Waals surface area contributed by atoms with E-state index >= 15 is 0 Å². The van der Waals surface area contributed by atoms with Crippen LogP contribution in [-0.4, -0.2) is 11.2 Å². The molecule has 0 radical (unpaired) electrons. The van der Waals surface area contributed by atoms with Gasteiger partial charge in [0.15, 0.2) is 0 Å². The van der Waals surface area contributed by atoms with Crippen molar-refractivity contribution in [2.24, 2.45) is 22.7 Å². The summed E-state index contributed by atoms with van der Waals surface area (Å²) in [5.41, 5.74) is 2.18. The van der Waals surface area contributed by atoms with Crippen LogP contribution in [0.2, 0.25) is 0 Å². The average Bonchev–Trinajstić information content (AvgIpc) is 2.21. The molecule has 1 fully saturated rings. The van der Waals surface area contributed by atoms with E-state index < -0.39 is 0 Å². The van der Waals surface area contributed by atoms with Gasteiger partial charge in [-0.1, -0.05) is 39.3 Å². The van der Waals surface area contributed by atoms with Crippen molar-refractivity contribution in [2.75, 3.05) is 0 Å². The van der Waals surface area contributed by atoms with Gasteiger partial charge in [0.25, 0.3) is 0 Å². The Morgan fingerprint density at radius 2 is 2.00 bits per heavy atom. The van der Waals surface area contributed by atoms with Crippen LogP contribution in [0, 0.1) is 22.7 Å². The second-order valence-corrected chi connectivity index (χ2v) is 7.35. The molecular weight excluding hydrogens is 208 g/mol. The molecule has 4 unspecified atom stereocenters. The van der Waals surface area contributed by atoms with Crippen LogP contribution in [0.15, 0.2) is 11.6 Å². The molecule has 0 bridgehead atoms. The zero-order valence-corrected chi connectivity index (χ0v) is 12.1. The van der Waals surface area contributed by atoms with Crippen LogP contribution in [0.3, 0.4) is 0 Å². The van der Waals surface area contributed by atoms with Gasteiger partial charge >= 0.3 is 0 Å². The molecule has 2 rings (SSSR count). The van der Waals surface area contributed by atoms with Crippen LogP contribution in [0.4, 0.5) is 0 Å². The molecule has 1 heteroatoms. The third-order valence-electron chi connectivity index (χ3n) is 5.85. The van der Waals surface area contributed by atoms with Crippen LogP contribution in [0.25, 0.3) is 0 Å². The van der Waals surface area contributed by atoms with Crippen molar-refractivity contribution in [1.29, 1.82) is 0 Å². The summed E-state index contributed by atoms with van der Waals surface area (Å²) in [6.07, 6.45) is 7.17. The molecule has 0 saturated heterocycles. The lowest BCUT2D eigenvalue weighted by Crippen LogP contribution is -2.46. The molecule has 0 aromatic rings. The minimum absolute atomic E-state index is 0.0939. The fraction of sp³-hybridized carbons (Fsp3) is 0.875. The zero-order chi connectivity index (χ0) is 12.8. The van der Waals surface area contributed by atoms with Gasteiger partial charge in [-0.25, -0.2) is 0 Å². The molecule has 0 aromatic heterocycles. The minimum Gasteiger partial charge on any atom is -0.393 e. The van der Waals surface area contributed by atoms with Gasteiger partial charge in [-0.3, -0.25) is 0 Å². The van der Waals surface area contributed by atoms with E-state index in [1.165, 1.54) is 19.3 Å². The Bertz CT molecular complexity index is 326. The fourth-order valence-corrected chi connectivity index (χ4v) is 3.89. The number of aliphatic hydroxyl groups excluding tert-OH is 1. The van der Waals surface area contributed by atoms with E-state index in [2.05, 4.69) is 33.8 Å². The highest BCUT2D eigenvalue weighted by Crippen LogP contribution is 2.56. The lowest BCUT2D eigenvalue weighted by atomic mass is 9.53. The first-order valence-electron chi connectivity index (χ1n) is 7.14. The normalized spacial score (nSPS) is 42.6. The molecule has 1 saturated carbocycles. The van der Waals surface area contributed by atoms with Crippen molar-refractivity contribution in [1.82, 2.24) is 0 Å². The van der Waals surface area contributed by atoms with Crippen molar-refractivity contribution in [3.05, 3.63) is 11.6 Å². The third-order valence-corrected chi connectivity index (χ3v) is 5.85. The molecule has 0 aromatic carbocycles. The quantitative estimate of drug-likeness (QED) is 0.678. The predicted molar refractivity (Wildman–Crippen MR) is 72.8 cm³/mol. The summed E-state index contributed by atoms with van der Waals surface area (Å²) in [6.45, 7) is 11.4. The summed E-state index contributed by atoms with van der Waals surface area (Å²) >= 11 is 0. The summed E-state index contributed by atoms with van der Waals surface area (Å²) in [7, 11) is 0. The Morgan fingerprint density at radius 3 is 2.59 bits per heavy atom. The maximum Gasteiger partial charge on any atom is 0.0568 e. The first-order chi connectivity index (χ1) is 7.77. The van der Waals surface area contributed by atoms with Crippen molar-refractivity contribution >= 4 is 0 Å². The molecule has 0 heterocycles. The number of aliphatic hydroxyl groups is 1. The van der Waals surface area contributed by atoms with Gasteiger partial charge in [-0.15, -0.1) is 0 Å². The van der Waals surface area contributed by atoms with Gasteiger partial charge in [0.1, 0.15) is 0 Å². The van der Waals surface area contributed by atoms with Gasteiger partial charge in [-0.05, 0) is 55.3 Å². The predicted octanol–water partition coefficient (Wildman–Crippen LogP) is 4.17. The summed E-state index contributed by atoms with van der Waals surface area (Å²) in [5, 5.41) is 10.1. The smallest absolute Gasteiger partial charge is 0.0568 e. The van der Waals surface area contributed by atoms with E-state index in [-0.39, 0.29) is 11.5 Å². The van der Waals surface area contributed by atoms with E-state index in [0.717, 1.165) is 6.42 Å². The monoisotopic (exact) mass is 236 g/mol. The van der Waals surface area contributed by atoms with Crippen LogP contribution < -0.4 is 0 Å². The van der Waals surface area contributed by atoms with Gasteiger partial charge in [0.2, 0.25) is 0 Å². The Morgan fingerprint density at radius 1 is 1.35 bits per heavy atom. The maximum absolute atomic E-state index is 10.1. The summed E-state index contributed by atoms with van der Waals surface area (Å²) in [4.78, 5) is 0. The highest BCUT2D eigenvalue weighted by Gasteiger charge is 2.48. The van der Waals surface area contributed by atoms with E-state index in [0.29, 0.717) is 17.3 Å². The maximum atomic E-state index is 10.1. The molecule has 2 aliphatic rings. The fourth-order valence-electron chi connectivity index (χ4n) is 3.89. The molecule has 1 nitrogen and oxygen atoms in total. The van der Waals surface area contributed by atoms with Gasteiger partial charge in [0.05, 0.1) is 6.10 Å². The molecule has 0 amide bonds. The topological polar surface area (TPSA) is 20.2 Å². The van der Waals surface area contributed by atoms with Gasteiger partial charge < -0.3 is 5.11 Å². The Labute approximate surface area is 106 Å². The number of hydrogen-bond acceptors (Lipinski definition) is 1. The van der Waals surface area contributed by atoms with Crippen molar-refractivity contribution in [3.63, 3.8) is 0 Å². The lowest BCUT2D eigenvalue weighted by Gasteiger charge is -2.52. The molecule has 17 heavy (non-hydrogen) atoms. The molecule has 1 N–H and O–H groups in total. The molecule has 98 valence electrons. The van der Waals surface area contributed by atoms with Gasteiger partial charge in [0, 0.05) is 0 Å². The number of rotatable bonds is 1. The first-order valence-corrected chi connectivity index (χ1v) is 7.14. The second kappa shape index (κ2) is 4.12. The number of allylic oxidation sites excluding steroid dienone is 2. The lowest BCUT2D eigenvalue weighted by molar-refractivity contribution is -0.0389. The summed E-state index contributed by atoms with van der Waals surface area (Å²) in [6, 6.07) is 0. The van der Waals surface area contributed by atoms with Crippen LogP contribution >= 0.6 is 0 Å². The summed E-state index contributed by atoms with van der Waals surface area (Å²) in [5.74, 6) is 1.28. The molecule has 4 atom stereocenters. The molecule has 0 aliphatic heterocycles. The van der Waals surface area contributed by atoms with E-state index in [1.807, 2.05) is 6.92 Å². The van der Waals surface area contributed by atoms with Crippen molar-refractivity contribution in [2.45, 2.75) is 66.4 Å². The standard InChI is InChI=1S/C16H28O/c1-11-9-13-7-6-8-15(3,4)14(13)10-16(11,5)12(2)17/h7,11-12,14,17H,6,8-10H2,1-5H3. The van der Waals surface area contributed by atoms with Crippen molar-refractivity contribution < 1.29 is 5.11 Å². The molecule has 2 aliphatic carbocycles. The van der Waals surface area contributed by atoms with Crippen LogP contribution in [0.5, 0.6) is 0 Å². The number of hydrogen-bond donors (Lipinski definition) is 1. The Balaban J connectivity index is 2.31. The Kier molecular flexibility index (Phi) is 3.18. The molecular formula is C16H28O. The average molecular weight is 236 g/mol. The Hall–Kier alpha value is -0.300. The molecule has 0 spiro atoms. The van der Waals surface area contributed by atoms with Crippen molar-refractivity contribution in [3.8, 4) is 0 Å². The zero-order valence-electron chi connectivity index (χ0n) is 12.1. The highest BCUT2D eigenvalue weighted by molar-refractivity contribution is 5.20. The first kappa shape index (κ1) is 13.1. The largest absolute Gasteiger partial charge is 0.393 e. The van der Waals surface area contributed by atoms with E-state index in [4.69, 9.17) is 0 Å². The SMILES string of the molecule is CC(O)C1(C)CC2C(=CCCC2(C)C)CC1C. The highest BCUT2D eigenvalue weighted by atomic mass is 16.3. The third kappa shape index (κ3) is 2.07. The van der Waals surface area contributed by atoms with Gasteiger partial charge in [-0.2, -0.15) is 0 Å². The van der Waals surface area contributed by atoms with E-state index in [1.54, 1.807) is 5.57 Å². The van der Waals surface area contributed by atoms with Crippen LogP contribution in [0.1, 0.15) is 60.3 Å². The summed E-state index contributed by atoms with van der Waals surface area (Å²) < 4.78 is 0.